The van der Waals surface area contributed by atoms with Gasteiger partial charge in [-0.3, -0.25) is 14.3 Å². The number of amides is 1. The number of benzene rings is 2. The summed E-state index contributed by atoms with van der Waals surface area (Å²) in [5.74, 6) is 0.921. The van der Waals surface area contributed by atoms with Crippen molar-refractivity contribution in [2.24, 2.45) is 0 Å². The highest BCUT2D eigenvalue weighted by molar-refractivity contribution is 7.99. The third-order valence-corrected chi connectivity index (χ3v) is 6.49. The summed E-state index contributed by atoms with van der Waals surface area (Å²) in [4.78, 5) is 14.9. The molecule has 0 spiro atoms. The van der Waals surface area contributed by atoms with Gasteiger partial charge in [-0.2, -0.15) is 0 Å². The number of halogens is 1. The molecular formula is C25H32FN5O2S. The lowest BCUT2D eigenvalue weighted by molar-refractivity contribution is -0.113. The molecule has 0 aliphatic rings. The van der Waals surface area contributed by atoms with E-state index in [0.717, 1.165) is 11.3 Å². The third-order valence-electron chi connectivity index (χ3n) is 5.56. The van der Waals surface area contributed by atoms with Crippen molar-refractivity contribution in [3.8, 4) is 11.4 Å². The van der Waals surface area contributed by atoms with Gasteiger partial charge in [0.25, 0.3) is 0 Å². The molecule has 1 heterocycles. The number of carbonyl (C=O) groups is 1. The predicted molar refractivity (Wildman–Crippen MR) is 134 cm³/mol. The molecule has 0 aliphatic carbocycles. The van der Waals surface area contributed by atoms with Crippen LogP contribution in [-0.2, 0) is 10.2 Å². The van der Waals surface area contributed by atoms with Crippen LogP contribution in [0.5, 0.6) is 5.75 Å². The lowest BCUT2D eigenvalue weighted by Crippen LogP contribution is -2.21. The van der Waals surface area contributed by atoms with E-state index in [0.29, 0.717) is 22.4 Å². The van der Waals surface area contributed by atoms with Gasteiger partial charge < -0.3 is 10.1 Å². The molecule has 0 saturated carbocycles. The monoisotopic (exact) mass is 485 g/mol. The summed E-state index contributed by atoms with van der Waals surface area (Å²) in [6, 6.07) is 11.9. The number of hydrogen-bond acceptors (Lipinski definition) is 6. The van der Waals surface area contributed by atoms with Gasteiger partial charge in [-0.05, 0) is 68.4 Å². The summed E-state index contributed by atoms with van der Waals surface area (Å²) in [6.07, 6.45) is 0. The number of thioether (sulfide) groups is 1. The Morgan fingerprint density at radius 2 is 1.85 bits per heavy atom. The summed E-state index contributed by atoms with van der Waals surface area (Å²) in [5.41, 5.74) is 2.39. The number of carbonyl (C=O) groups excluding carboxylic acids is 1. The zero-order chi connectivity index (χ0) is 25.0. The van der Waals surface area contributed by atoms with Crippen molar-refractivity contribution >= 4 is 23.4 Å². The Bertz CT molecular complexity index is 1140. The lowest BCUT2D eigenvalue weighted by Gasteiger charge is -2.21. The number of anilines is 1. The van der Waals surface area contributed by atoms with Crippen molar-refractivity contribution in [1.82, 2.24) is 19.7 Å². The van der Waals surface area contributed by atoms with Gasteiger partial charge in [-0.15, -0.1) is 10.2 Å². The summed E-state index contributed by atoms with van der Waals surface area (Å²) < 4.78 is 20.8. The fraction of sp³-hybridized carbons (Fsp3) is 0.400. The molecule has 0 unspecified atom stereocenters. The zero-order valence-electron chi connectivity index (χ0n) is 20.7. The van der Waals surface area contributed by atoms with Crippen LogP contribution in [0.15, 0.2) is 47.6 Å². The normalized spacial score (nSPS) is 12.6. The Balaban J connectivity index is 1.83. The van der Waals surface area contributed by atoms with Crippen molar-refractivity contribution < 1.29 is 13.9 Å². The third kappa shape index (κ3) is 5.95. The van der Waals surface area contributed by atoms with Crippen LogP contribution < -0.4 is 10.1 Å². The van der Waals surface area contributed by atoms with E-state index in [-0.39, 0.29) is 28.9 Å². The van der Waals surface area contributed by atoms with Crippen LogP contribution in [0.25, 0.3) is 5.69 Å². The lowest BCUT2D eigenvalue weighted by atomic mass is 9.87. The van der Waals surface area contributed by atoms with Gasteiger partial charge >= 0.3 is 0 Å². The van der Waals surface area contributed by atoms with E-state index in [4.69, 9.17) is 4.74 Å². The Hall–Kier alpha value is -2.91. The van der Waals surface area contributed by atoms with Crippen LogP contribution in [0, 0.1) is 5.82 Å². The van der Waals surface area contributed by atoms with Gasteiger partial charge in [0, 0.05) is 5.69 Å². The molecule has 1 atom stereocenters. The molecule has 1 amide bonds. The second kappa shape index (κ2) is 10.6. The van der Waals surface area contributed by atoms with Gasteiger partial charge in [0.2, 0.25) is 5.91 Å². The number of rotatable bonds is 8. The molecule has 0 fully saturated rings. The minimum Gasteiger partial charge on any atom is -0.495 e. The van der Waals surface area contributed by atoms with Gasteiger partial charge in [0.1, 0.15) is 11.6 Å². The SMILES string of the molecule is COc1ccc(C(C)(C)C)cc1NC(=O)CSc1nnc([C@H](C)N(C)C)n1-c1ccc(F)cc1. The molecule has 3 rings (SSSR count). The van der Waals surface area contributed by atoms with Crippen molar-refractivity contribution in [1.29, 1.82) is 0 Å². The summed E-state index contributed by atoms with van der Waals surface area (Å²) in [6.45, 7) is 8.36. The number of nitrogens with zero attached hydrogens (tertiary/aromatic N) is 4. The van der Waals surface area contributed by atoms with Crippen LogP contribution in [-0.4, -0.2) is 52.5 Å². The Morgan fingerprint density at radius 3 is 2.44 bits per heavy atom. The number of ether oxygens (including phenoxy) is 1. The smallest absolute Gasteiger partial charge is 0.234 e. The van der Waals surface area contributed by atoms with Gasteiger partial charge in [-0.1, -0.05) is 38.6 Å². The van der Waals surface area contributed by atoms with Gasteiger partial charge in [0.05, 0.1) is 24.6 Å². The van der Waals surface area contributed by atoms with Crippen molar-refractivity contribution in [3.05, 3.63) is 59.7 Å². The maximum Gasteiger partial charge on any atom is 0.234 e. The van der Waals surface area contributed by atoms with Crippen LogP contribution in [0.1, 0.15) is 45.1 Å². The van der Waals surface area contributed by atoms with E-state index in [1.54, 1.807) is 19.2 Å². The number of hydrogen-bond donors (Lipinski definition) is 1. The number of methoxy groups -OCH3 is 1. The Morgan fingerprint density at radius 1 is 1.18 bits per heavy atom. The van der Waals surface area contributed by atoms with E-state index in [9.17, 15) is 9.18 Å². The first-order valence-corrected chi connectivity index (χ1v) is 12.0. The summed E-state index contributed by atoms with van der Waals surface area (Å²) in [7, 11) is 5.48. The first-order valence-electron chi connectivity index (χ1n) is 11.0. The Kier molecular flexibility index (Phi) is 7.99. The minimum atomic E-state index is -0.320. The van der Waals surface area contributed by atoms with Gasteiger partial charge in [-0.25, -0.2) is 4.39 Å². The average Bonchev–Trinajstić information content (AvgIpc) is 3.20. The fourth-order valence-corrected chi connectivity index (χ4v) is 4.06. The summed E-state index contributed by atoms with van der Waals surface area (Å²) in [5, 5.41) is 12.2. The number of aromatic nitrogens is 3. The molecule has 34 heavy (non-hydrogen) atoms. The van der Waals surface area contributed by atoms with Crippen LogP contribution in [0.3, 0.4) is 0 Å². The maximum atomic E-state index is 13.5. The standard InChI is InChI=1S/C25H32FN5O2S/c1-16(30(5)6)23-28-29-24(31(23)19-11-9-18(26)10-12-19)34-15-22(32)27-20-14-17(25(2,3)4)8-13-21(20)33-7/h8-14,16H,15H2,1-7H3,(H,27,32)/t16-/m0/s1. The van der Waals surface area contributed by atoms with Crippen molar-refractivity contribution in [3.63, 3.8) is 0 Å². The quantitative estimate of drug-likeness (QED) is 0.450. The fourth-order valence-electron chi connectivity index (χ4n) is 3.30. The van der Waals surface area contributed by atoms with Crippen LogP contribution >= 0.6 is 11.8 Å². The van der Waals surface area contributed by atoms with E-state index < -0.39 is 0 Å². The largest absolute Gasteiger partial charge is 0.495 e. The van der Waals surface area contributed by atoms with Crippen molar-refractivity contribution in [2.45, 2.75) is 44.3 Å². The molecule has 0 bridgehead atoms. The molecule has 1 aromatic heterocycles. The summed E-state index contributed by atoms with van der Waals surface area (Å²) >= 11 is 1.27. The van der Waals surface area contributed by atoms with Gasteiger partial charge in [0.15, 0.2) is 11.0 Å². The van der Waals surface area contributed by atoms with E-state index in [1.807, 2.05) is 48.7 Å². The molecule has 9 heteroatoms. The first-order chi connectivity index (χ1) is 16.0. The second-order valence-corrected chi connectivity index (χ2v) is 10.2. The first kappa shape index (κ1) is 25.7. The highest BCUT2D eigenvalue weighted by Gasteiger charge is 2.22. The van der Waals surface area contributed by atoms with E-state index in [1.165, 1.54) is 23.9 Å². The molecule has 0 saturated heterocycles. The van der Waals surface area contributed by atoms with E-state index >= 15 is 0 Å². The molecule has 182 valence electrons. The topological polar surface area (TPSA) is 72.3 Å². The molecular weight excluding hydrogens is 453 g/mol. The van der Waals surface area contributed by atoms with E-state index in [2.05, 4.69) is 36.3 Å². The molecule has 3 aromatic rings. The molecule has 2 aromatic carbocycles. The minimum absolute atomic E-state index is 0.0369. The molecule has 0 radical (unpaired) electrons. The average molecular weight is 486 g/mol. The Labute approximate surface area is 204 Å². The maximum absolute atomic E-state index is 13.5. The predicted octanol–water partition coefficient (Wildman–Crippen LogP) is 5.07. The number of nitrogens with one attached hydrogen (secondary N) is 1. The van der Waals surface area contributed by atoms with Crippen LogP contribution in [0.4, 0.5) is 10.1 Å². The molecule has 7 nitrogen and oxygen atoms in total. The zero-order valence-corrected chi connectivity index (χ0v) is 21.5. The highest BCUT2D eigenvalue weighted by Crippen LogP contribution is 2.32. The van der Waals surface area contributed by atoms with Crippen molar-refractivity contribution in [2.75, 3.05) is 32.3 Å². The second-order valence-electron chi connectivity index (χ2n) is 9.29. The van der Waals surface area contributed by atoms with Crippen LogP contribution in [0.2, 0.25) is 0 Å². The highest BCUT2D eigenvalue weighted by atomic mass is 32.2. The molecule has 0 aliphatic heterocycles. The molecule has 1 N–H and O–H groups in total.